The summed E-state index contributed by atoms with van der Waals surface area (Å²) in [5, 5.41) is 8.53. The summed E-state index contributed by atoms with van der Waals surface area (Å²) in [6.07, 6.45) is 0. The zero-order chi connectivity index (χ0) is 15.5. The number of benzene rings is 1. The number of hydrazine groups is 1. The third-order valence-electron chi connectivity index (χ3n) is 4.03. The van der Waals surface area contributed by atoms with Gasteiger partial charge < -0.3 is 0 Å². The molecule has 118 valence electrons. The van der Waals surface area contributed by atoms with E-state index in [0.717, 1.165) is 36.0 Å². The highest BCUT2D eigenvalue weighted by Crippen LogP contribution is 2.26. The van der Waals surface area contributed by atoms with Gasteiger partial charge in [-0.2, -0.15) is 0 Å². The van der Waals surface area contributed by atoms with Gasteiger partial charge in [-0.25, -0.2) is 10.1 Å². The summed E-state index contributed by atoms with van der Waals surface area (Å²) >= 11 is 5.97. The van der Waals surface area contributed by atoms with Crippen molar-refractivity contribution in [2.75, 3.05) is 20.1 Å². The van der Waals surface area contributed by atoms with Gasteiger partial charge in [-0.15, -0.1) is 0 Å². The van der Waals surface area contributed by atoms with Gasteiger partial charge in [-0.3, -0.25) is 10.3 Å². The maximum atomic E-state index is 5.97. The second kappa shape index (κ2) is 6.75. The first-order valence-electron chi connectivity index (χ1n) is 7.34. The molecule has 7 heteroatoms. The quantitative estimate of drug-likeness (QED) is 0.877. The highest BCUT2D eigenvalue weighted by Gasteiger charge is 2.29. The third-order valence-corrected chi connectivity index (χ3v) is 4.29. The minimum absolute atomic E-state index is 0.274. The van der Waals surface area contributed by atoms with Crippen molar-refractivity contribution in [3.63, 3.8) is 0 Å². The van der Waals surface area contributed by atoms with Crippen LogP contribution in [0.4, 0.5) is 0 Å². The molecule has 0 aliphatic carbocycles. The van der Waals surface area contributed by atoms with Crippen LogP contribution in [0.1, 0.15) is 23.0 Å². The van der Waals surface area contributed by atoms with Crippen molar-refractivity contribution in [3.8, 4) is 0 Å². The predicted molar refractivity (Wildman–Crippen MR) is 84.2 cm³/mol. The topological polar surface area (TPSA) is 66.2 Å². The molecular formula is C15H20ClN5O. The Morgan fingerprint density at radius 2 is 2.09 bits per heavy atom. The third kappa shape index (κ3) is 3.47. The van der Waals surface area contributed by atoms with E-state index in [-0.39, 0.29) is 6.04 Å². The summed E-state index contributed by atoms with van der Waals surface area (Å²) < 4.78 is 4.75. The molecule has 2 aromatic rings. The average molecular weight is 322 g/mol. The van der Waals surface area contributed by atoms with Crippen LogP contribution < -0.4 is 10.9 Å². The van der Waals surface area contributed by atoms with Crippen molar-refractivity contribution >= 4 is 11.6 Å². The van der Waals surface area contributed by atoms with Crippen LogP contribution in [0.5, 0.6) is 0 Å². The van der Waals surface area contributed by atoms with Gasteiger partial charge in [0.25, 0.3) is 0 Å². The maximum Gasteiger partial charge on any atom is 0.122 e. The Hall–Kier alpha value is -1.47. The van der Waals surface area contributed by atoms with Crippen LogP contribution in [-0.4, -0.2) is 35.4 Å². The van der Waals surface area contributed by atoms with E-state index in [1.807, 2.05) is 19.1 Å². The minimum Gasteiger partial charge on any atom is -0.300 e. The van der Waals surface area contributed by atoms with Crippen LogP contribution in [0.25, 0.3) is 0 Å². The van der Waals surface area contributed by atoms with Crippen molar-refractivity contribution in [2.45, 2.75) is 19.5 Å². The number of hydrogen-bond donors (Lipinski definition) is 2. The normalized spacial score (nSPS) is 21.6. The summed E-state index contributed by atoms with van der Waals surface area (Å²) in [5.74, 6) is 0.464. The van der Waals surface area contributed by atoms with Gasteiger partial charge in [0.1, 0.15) is 11.4 Å². The predicted octanol–water partition coefficient (Wildman–Crippen LogP) is 1.93. The second-order valence-electron chi connectivity index (χ2n) is 5.81. The number of aryl methyl sites for hydroxylation is 1. The minimum atomic E-state index is 0.274. The smallest absolute Gasteiger partial charge is 0.122 e. The lowest BCUT2D eigenvalue weighted by Gasteiger charge is -2.24. The molecule has 22 heavy (non-hydrogen) atoms. The number of nitrogens with one attached hydrogen (secondary N) is 2. The molecule has 1 aliphatic rings. The van der Waals surface area contributed by atoms with Gasteiger partial charge in [0.15, 0.2) is 0 Å². The van der Waals surface area contributed by atoms with Crippen LogP contribution in [0, 0.1) is 12.8 Å². The van der Waals surface area contributed by atoms with Crippen LogP contribution in [0.3, 0.4) is 0 Å². The lowest BCUT2D eigenvalue weighted by atomic mass is 9.94. The van der Waals surface area contributed by atoms with Gasteiger partial charge in [-0.1, -0.05) is 34.0 Å². The highest BCUT2D eigenvalue weighted by atomic mass is 35.5. The molecule has 2 atom stereocenters. The van der Waals surface area contributed by atoms with Crippen molar-refractivity contribution in [2.24, 2.45) is 5.92 Å². The van der Waals surface area contributed by atoms with E-state index in [2.05, 4.69) is 45.2 Å². The standard InChI is InChI=1S/C15H20ClN5O/c1-10-14(20-22-19-10)9-21(2)8-12-7-17-18-15(12)11-3-5-13(16)6-4-11/h3-6,12,15,17-18H,7-9H2,1-2H3. The molecule has 6 nitrogen and oxygen atoms in total. The summed E-state index contributed by atoms with van der Waals surface area (Å²) in [6.45, 7) is 4.52. The Morgan fingerprint density at radius 3 is 2.77 bits per heavy atom. The molecule has 0 bridgehead atoms. The van der Waals surface area contributed by atoms with Crippen molar-refractivity contribution in [1.82, 2.24) is 26.1 Å². The lowest BCUT2D eigenvalue weighted by molar-refractivity contribution is 0.249. The first-order chi connectivity index (χ1) is 10.6. The molecule has 1 aromatic heterocycles. The fourth-order valence-corrected chi connectivity index (χ4v) is 2.97. The van der Waals surface area contributed by atoms with Crippen LogP contribution in [-0.2, 0) is 6.54 Å². The van der Waals surface area contributed by atoms with Crippen molar-refractivity contribution < 1.29 is 4.63 Å². The van der Waals surface area contributed by atoms with E-state index >= 15 is 0 Å². The SMILES string of the molecule is Cc1nonc1CN(C)CC1CNNC1c1ccc(Cl)cc1. The molecule has 2 heterocycles. The van der Waals surface area contributed by atoms with Gasteiger partial charge in [-0.05, 0) is 31.7 Å². The monoisotopic (exact) mass is 321 g/mol. The molecule has 2 unspecified atom stereocenters. The van der Waals surface area contributed by atoms with Crippen molar-refractivity contribution in [3.05, 3.63) is 46.2 Å². The molecule has 3 rings (SSSR count). The molecule has 0 spiro atoms. The van der Waals surface area contributed by atoms with E-state index in [4.69, 9.17) is 16.2 Å². The van der Waals surface area contributed by atoms with Crippen LogP contribution >= 0.6 is 11.6 Å². The molecule has 0 radical (unpaired) electrons. The number of nitrogens with zero attached hydrogens (tertiary/aromatic N) is 3. The Bertz CT molecular complexity index is 615. The van der Waals surface area contributed by atoms with Crippen LogP contribution in [0.2, 0.25) is 5.02 Å². The molecule has 0 amide bonds. The summed E-state index contributed by atoms with van der Waals surface area (Å²) in [6, 6.07) is 8.29. The van der Waals surface area contributed by atoms with Gasteiger partial charge in [0.05, 0.1) is 6.04 Å². The molecule has 1 aliphatic heterocycles. The van der Waals surface area contributed by atoms with E-state index in [1.54, 1.807) is 0 Å². The number of aromatic nitrogens is 2. The van der Waals surface area contributed by atoms with Crippen LogP contribution in [0.15, 0.2) is 28.9 Å². The van der Waals surface area contributed by atoms with E-state index < -0.39 is 0 Å². The first kappa shape index (κ1) is 15.4. The fraction of sp³-hybridized carbons (Fsp3) is 0.467. The summed E-state index contributed by atoms with van der Waals surface area (Å²) in [5.41, 5.74) is 9.59. The molecule has 1 aromatic carbocycles. The Labute approximate surface area is 134 Å². The number of rotatable bonds is 5. The molecular weight excluding hydrogens is 302 g/mol. The van der Waals surface area contributed by atoms with Crippen molar-refractivity contribution in [1.29, 1.82) is 0 Å². The summed E-state index contributed by atoms with van der Waals surface area (Å²) in [4.78, 5) is 2.24. The Balaban J connectivity index is 1.63. The lowest BCUT2D eigenvalue weighted by Crippen LogP contribution is -2.30. The van der Waals surface area contributed by atoms with Gasteiger partial charge >= 0.3 is 0 Å². The zero-order valence-electron chi connectivity index (χ0n) is 12.7. The first-order valence-corrected chi connectivity index (χ1v) is 7.71. The molecule has 1 saturated heterocycles. The molecule has 1 fully saturated rings. The van der Waals surface area contributed by atoms with Gasteiger partial charge in [0.2, 0.25) is 0 Å². The molecule has 0 saturated carbocycles. The van der Waals surface area contributed by atoms with E-state index in [9.17, 15) is 0 Å². The highest BCUT2D eigenvalue weighted by molar-refractivity contribution is 6.30. The Morgan fingerprint density at radius 1 is 1.32 bits per heavy atom. The number of halogens is 1. The summed E-state index contributed by atoms with van der Waals surface area (Å²) in [7, 11) is 2.09. The average Bonchev–Trinajstić information content (AvgIpc) is 3.10. The molecule has 2 N–H and O–H groups in total. The largest absolute Gasteiger partial charge is 0.300 e. The number of hydrogen-bond acceptors (Lipinski definition) is 6. The fourth-order valence-electron chi connectivity index (χ4n) is 2.84. The van der Waals surface area contributed by atoms with Gasteiger partial charge in [0, 0.05) is 30.6 Å². The van der Waals surface area contributed by atoms with E-state index in [1.165, 1.54) is 5.56 Å². The maximum absolute atomic E-state index is 5.97. The van der Waals surface area contributed by atoms with E-state index in [0.29, 0.717) is 5.92 Å². The zero-order valence-corrected chi connectivity index (χ0v) is 13.5. The second-order valence-corrected chi connectivity index (χ2v) is 6.24. The Kier molecular flexibility index (Phi) is 4.73.